The number of amides is 2. The molecule has 1 atom stereocenters. The van der Waals surface area contributed by atoms with E-state index < -0.39 is 18.8 Å². The number of aromatic nitrogens is 4. The fourth-order valence-corrected chi connectivity index (χ4v) is 2.78. The fraction of sp³-hybridized carbons (Fsp3) is 0.300. The van der Waals surface area contributed by atoms with Crippen molar-refractivity contribution in [1.82, 2.24) is 30.0 Å². The number of benzene rings is 1. The van der Waals surface area contributed by atoms with E-state index >= 15 is 0 Å². The molecule has 0 spiro atoms. The molecule has 164 valence electrons. The van der Waals surface area contributed by atoms with E-state index in [-0.39, 0.29) is 18.5 Å². The number of alkyl halides is 3. The van der Waals surface area contributed by atoms with Crippen molar-refractivity contribution in [2.45, 2.75) is 25.7 Å². The monoisotopic (exact) mass is 434 g/mol. The molecule has 0 fully saturated rings. The molecule has 0 aliphatic carbocycles. The number of nitrogens with zero attached hydrogens (tertiary/aromatic N) is 5. The van der Waals surface area contributed by atoms with Gasteiger partial charge in [0.15, 0.2) is 6.61 Å². The Labute approximate surface area is 176 Å². The van der Waals surface area contributed by atoms with Crippen molar-refractivity contribution in [3.8, 4) is 11.6 Å². The summed E-state index contributed by atoms with van der Waals surface area (Å²) >= 11 is 0. The van der Waals surface area contributed by atoms with Crippen LogP contribution in [0.25, 0.3) is 5.69 Å². The molecule has 2 amide bonds. The Kier molecular flexibility index (Phi) is 6.73. The van der Waals surface area contributed by atoms with Gasteiger partial charge in [-0.1, -0.05) is 18.2 Å². The van der Waals surface area contributed by atoms with Crippen molar-refractivity contribution in [2.24, 2.45) is 0 Å². The largest absolute Gasteiger partial charge is 0.468 e. The highest BCUT2D eigenvalue weighted by Crippen LogP contribution is 2.22. The highest BCUT2D eigenvalue weighted by molar-refractivity contribution is 5.74. The lowest BCUT2D eigenvalue weighted by molar-refractivity contribution is -0.154. The number of nitrogens with one attached hydrogen (secondary N) is 1. The summed E-state index contributed by atoms with van der Waals surface area (Å²) in [6.07, 6.45) is -0.120. The number of rotatable bonds is 7. The number of carbonyl (C=O) groups is 1. The van der Waals surface area contributed by atoms with Crippen molar-refractivity contribution in [3.63, 3.8) is 0 Å². The van der Waals surface area contributed by atoms with Gasteiger partial charge in [0.2, 0.25) is 5.88 Å². The molecule has 3 aromatic rings. The minimum absolute atomic E-state index is 0.0256. The summed E-state index contributed by atoms with van der Waals surface area (Å²) in [6, 6.07) is 9.97. The van der Waals surface area contributed by atoms with Gasteiger partial charge in [-0.2, -0.15) is 18.3 Å². The van der Waals surface area contributed by atoms with Crippen LogP contribution in [0.15, 0.2) is 55.2 Å². The maximum Gasteiger partial charge on any atom is 0.422 e. The Morgan fingerprint density at radius 3 is 2.65 bits per heavy atom. The Hall–Kier alpha value is -3.63. The molecular formula is C20H21F3N6O2. The van der Waals surface area contributed by atoms with Crippen LogP contribution >= 0.6 is 0 Å². The summed E-state index contributed by atoms with van der Waals surface area (Å²) in [5.74, 6) is -0.167. The zero-order chi connectivity index (χ0) is 22.4. The van der Waals surface area contributed by atoms with Crippen LogP contribution in [0.3, 0.4) is 0 Å². The Morgan fingerprint density at radius 1 is 1.26 bits per heavy atom. The third-order valence-electron chi connectivity index (χ3n) is 4.61. The predicted octanol–water partition coefficient (Wildman–Crippen LogP) is 3.51. The van der Waals surface area contributed by atoms with Crippen molar-refractivity contribution >= 4 is 6.03 Å². The highest BCUT2D eigenvalue weighted by atomic mass is 19.4. The third-order valence-corrected chi connectivity index (χ3v) is 4.61. The second-order valence-electron chi connectivity index (χ2n) is 6.75. The number of ether oxygens (including phenoxy) is 1. The summed E-state index contributed by atoms with van der Waals surface area (Å²) in [5.41, 5.74) is 2.08. The van der Waals surface area contributed by atoms with Crippen LogP contribution in [0.1, 0.15) is 24.1 Å². The molecule has 0 aliphatic rings. The van der Waals surface area contributed by atoms with Crippen LogP contribution in [0.4, 0.5) is 18.0 Å². The van der Waals surface area contributed by atoms with Crippen molar-refractivity contribution in [2.75, 3.05) is 13.7 Å². The van der Waals surface area contributed by atoms with Gasteiger partial charge in [0.25, 0.3) is 0 Å². The van der Waals surface area contributed by atoms with E-state index in [2.05, 4.69) is 20.4 Å². The van der Waals surface area contributed by atoms with E-state index in [1.54, 1.807) is 30.2 Å². The smallest absolute Gasteiger partial charge is 0.422 e. The SMILES string of the molecule is CC(c1ccc(-n2cncn2)cc1)N(C)C(=O)NCc1cccnc1OCC(F)(F)F. The Morgan fingerprint density at radius 2 is 2.00 bits per heavy atom. The van der Waals surface area contributed by atoms with Gasteiger partial charge in [-0.15, -0.1) is 0 Å². The third kappa shape index (κ3) is 5.93. The lowest BCUT2D eigenvalue weighted by Crippen LogP contribution is -2.38. The molecule has 11 heteroatoms. The molecule has 3 rings (SSSR count). The van der Waals surface area contributed by atoms with Crippen LogP contribution in [0.2, 0.25) is 0 Å². The standard InChI is InChI=1S/C20H21F3N6O2/c1-14(15-5-7-17(8-6-15)29-13-24-12-27-29)28(2)19(30)26-10-16-4-3-9-25-18(16)31-11-20(21,22)23/h3-9,12-14H,10-11H2,1-2H3,(H,26,30). The molecule has 31 heavy (non-hydrogen) atoms. The molecule has 2 heterocycles. The van der Waals surface area contributed by atoms with Gasteiger partial charge in [-0.25, -0.2) is 19.4 Å². The average Bonchev–Trinajstić information content (AvgIpc) is 3.30. The molecule has 1 aromatic carbocycles. The van der Waals surface area contributed by atoms with Gasteiger partial charge in [0, 0.05) is 25.4 Å². The van der Waals surface area contributed by atoms with E-state index in [0.29, 0.717) is 5.56 Å². The summed E-state index contributed by atoms with van der Waals surface area (Å²) in [6.45, 7) is 0.390. The van der Waals surface area contributed by atoms with Crippen LogP contribution < -0.4 is 10.1 Å². The summed E-state index contributed by atoms with van der Waals surface area (Å²) in [7, 11) is 1.63. The lowest BCUT2D eigenvalue weighted by atomic mass is 10.1. The van der Waals surface area contributed by atoms with E-state index in [0.717, 1.165) is 11.3 Å². The number of carbonyl (C=O) groups excluding carboxylic acids is 1. The molecule has 0 bridgehead atoms. The topological polar surface area (TPSA) is 85.2 Å². The number of pyridine rings is 1. The quantitative estimate of drug-likeness (QED) is 0.615. The molecule has 1 N–H and O–H groups in total. The number of hydrogen-bond donors (Lipinski definition) is 1. The zero-order valence-electron chi connectivity index (χ0n) is 16.9. The lowest BCUT2D eigenvalue weighted by Gasteiger charge is -2.26. The van der Waals surface area contributed by atoms with Crippen LogP contribution in [0, 0.1) is 0 Å². The molecule has 0 saturated heterocycles. The van der Waals surface area contributed by atoms with Gasteiger partial charge >= 0.3 is 12.2 Å². The predicted molar refractivity (Wildman–Crippen MR) is 106 cm³/mol. The minimum atomic E-state index is -4.48. The summed E-state index contributed by atoms with van der Waals surface area (Å²) < 4.78 is 43.6. The molecule has 8 nitrogen and oxygen atoms in total. The van der Waals surface area contributed by atoms with E-state index in [4.69, 9.17) is 4.74 Å². The maximum atomic E-state index is 12.6. The average molecular weight is 434 g/mol. The first-order chi connectivity index (χ1) is 14.7. The Bertz CT molecular complexity index is 993. The summed E-state index contributed by atoms with van der Waals surface area (Å²) in [4.78, 5) is 21.8. The normalized spacial score (nSPS) is 12.3. The van der Waals surface area contributed by atoms with Gasteiger partial charge < -0.3 is 15.0 Å². The molecule has 0 saturated carbocycles. The molecule has 0 aliphatic heterocycles. The van der Waals surface area contributed by atoms with E-state index in [1.807, 2.05) is 31.2 Å². The van der Waals surface area contributed by atoms with Gasteiger partial charge in [-0.05, 0) is 30.7 Å². The van der Waals surface area contributed by atoms with Gasteiger partial charge in [0.1, 0.15) is 12.7 Å². The van der Waals surface area contributed by atoms with Crippen molar-refractivity contribution in [1.29, 1.82) is 0 Å². The van der Waals surface area contributed by atoms with Crippen molar-refractivity contribution < 1.29 is 22.7 Å². The molecule has 0 radical (unpaired) electrons. The molecule has 1 unspecified atom stereocenters. The molecular weight excluding hydrogens is 413 g/mol. The minimum Gasteiger partial charge on any atom is -0.468 e. The van der Waals surface area contributed by atoms with Crippen LogP contribution in [-0.4, -0.2) is 50.5 Å². The first-order valence-corrected chi connectivity index (χ1v) is 9.33. The van der Waals surface area contributed by atoms with Crippen LogP contribution in [0.5, 0.6) is 5.88 Å². The second kappa shape index (κ2) is 9.45. The zero-order valence-corrected chi connectivity index (χ0v) is 16.9. The molecule has 2 aromatic heterocycles. The second-order valence-corrected chi connectivity index (χ2v) is 6.75. The van der Waals surface area contributed by atoms with E-state index in [1.165, 1.54) is 17.4 Å². The van der Waals surface area contributed by atoms with Crippen LogP contribution in [-0.2, 0) is 6.54 Å². The van der Waals surface area contributed by atoms with Gasteiger partial charge in [-0.3, -0.25) is 0 Å². The number of halogens is 3. The number of hydrogen-bond acceptors (Lipinski definition) is 5. The Balaban J connectivity index is 1.59. The van der Waals surface area contributed by atoms with Gasteiger partial charge in [0.05, 0.1) is 11.7 Å². The fourth-order valence-electron chi connectivity index (χ4n) is 2.78. The highest BCUT2D eigenvalue weighted by Gasteiger charge is 2.29. The first kappa shape index (κ1) is 22.1. The van der Waals surface area contributed by atoms with Crippen molar-refractivity contribution in [3.05, 3.63) is 66.4 Å². The number of urea groups is 1. The van der Waals surface area contributed by atoms with E-state index in [9.17, 15) is 18.0 Å². The maximum absolute atomic E-state index is 12.6. The first-order valence-electron chi connectivity index (χ1n) is 9.33. The summed E-state index contributed by atoms with van der Waals surface area (Å²) in [5, 5.41) is 6.75.